The van der Waals surface area contributed by atoms with Crippen molar-refractivity contribution >= 4 is 0 Å². The number of aliphatic hydroxyl groups is 1. The Hall–Kier alpha value is -0.900. The minimum Gasteiger partial charge on any atom is -0.392 e. The van der Waals surface area contributed by atoms with Crippen molar-refractivity contribution in [1.82, 2.24) is 14.8 Å². The molecule has 1 fully saturated rings. The van der Waals surface area contributed by atoms with Crippen LogP contribution in [0.3, 0.4) is 0 Å². The van der Waals surface area contributed by atoms with E-state index in [1.165, 1.54) is 0 Å². The molecule has 0 spiro atoms. The average Bonchev–Trinajstić information content (AvgIpc) is 2.59. The first-order valence-corrected chi connectivity index (χ1v) is 4.31. The lowest BCUT2D eigenvalue weighted by atomic mass is 10.1. The van der Waals surface area contributed by atoms with Crippen LogP contribution >= 0.6 is 0 Å². The summed E-state index contributed by atoms with van der Waals surface area (Å²) >= 11 is 0. The van der Waals surface area contributed by atoms with E-state index in [9.17, 15) is 5.11 Å². The van der Waals surface area contributed by atoms with Crippen LogP contribution in [0.15, 0.2) is 6.33 Å². The van der Waals surface area contributed by atoms with Gasteiger partial charge in [0.1, 0.15) is 12.2 Å². The summed E-state index contributed by atoms with van der Waals surface area (Å²) in [6.07, 6.45) is 4.50. The van der Waals surface area contributed by atoms with Gasteiger partial charge in [-0.25, -0.2) is 0 Å². The Kier molecular flexibility index (Phi) is 1.84. The molecular formula is C8H13N3O. The number of hydrogen-bond acceptors (Lipinski definition) is 3. The minimum absolute atomic E-state index is 0.206. The highest BCUT2D eigenvalue weighted by atomic mass is 16.3. The van der Waals surface area contributed by atoms with Gasteiger partial charge in [0.05, 0.1) is 6.10 Å². The van der Waals surface area contributed by atoms with Crippen molar-refractivity contribution in [2.24, 2.45) is 7.05 Å². The summed E-state index contributed by atoms with van der Waals surface area (Å²) in [6.45, 7) is 0. The molecule has 4 nitrogen and oxygen atoms in total. The van der Waals surface area contributed by atoms with Gasteiger partial charge in [-0.2, -0.15) is 0 Å². The van der Waals surface area contributed by atoms with Gasteiger partial charge in [0, 0.05) is 13.0 Å². The lowest BCUT2D eigenvalue weighted by molar-refractivity contribution is 0.159. The molecule has 66 valence electrons. The molecule has 0 aliphatic heterocycles. The van der Waals surface area contributed by atoms with E-state index in [2.05, 4.69) is 10.2 Å². The van der Waals surface area contributed by atoms with E-state index in [0.717, 1.165) is 25.1 Å². The highest BCUT2D eigenvalue weighted by molar-refractivity contribution is 5.02. The molecule has 1 aliphatic carbocycles. The van der Waals surface area contributed by atoms with Crippen LogP contribution in [0.1, 0.15) is 31.0 Å². The summed E-state index contributed by atoms with van der Waals surface area (Å²) in [5.41, 5.74) is 0. The fourth-order valence-corrected chi connectivity index (χ4v) is 1.87. The molecule has 0 aromatic carbocycles. The van der Waals surface area contributed by atoms with E-state index < -0.39 is 0 Å². The van der Waals surface area contributed by atoms with Gasteiger partial charge in [0.25, 0.3) is 0 Å². The van der Waals surface area contributed by atoms with Crippen molar-refractivity contribution in [3.63, 3.8) is 0 Å². The molecule has 1 aromatic heterocycles. The molecule has 2 atom stereocenters. The Morgan fingerprint density at radius 2 is 2.42 bits per heavy atom. The van der Waals surface area contributed by atoms with E-state index in [-0.39, 0.29) is 12.0 Å². The Labute approximate surface area is 71.2 Å². The first-order chi connectivity index (χ1) is 5.79. The van der Waals surface area contributed by atoms with Crippen molar-refractivity contribution in [3.8, 4) is 0 Å². The monoisotopic (exact) mass is 167 g/mol. The lowest BCUT2D eigenvalue weighted by Crippen LogP contribution is -2.15. The second kappa shape index (κ2) is 2.86. The Morgan fingerprint density at radius 3 is 2.92 bits per heavy atom. The quantitative estimate of drug-likeness (QED) is 0.660. The van der Waals surface area contributed by atoms with Gasteiger partial charge in [-0.3, -0.25) is 0 Å². The zero-order valence-electron chi connectivity index (χ0n) is 7.14. The molecule has 12 heavy (non-hydrogen) atoms. The first kappa shape index (κ1) is 7.73. The van der Waals surface area contributed by atoms with E-state index >= 15 is 0 Å². The lowest BCUT2D eigenvalue weighted by Gasteiger charge is -2.12. The predicted molar refractivity (Wildman–Crippen MR) is 43.6 cm³/mol. The number of aromatic nitrogens is 3. The number of rotatable bonds is 1. The van der Waals surface area contributed by atoms with Gasteiger partial charge >= 0.3 is 0 Å². The van der Waals surface area contributed by atoms with Gasteiger partial charge in [0.15, 0.2) is 0 Å². The van der Waals surface area contributed by atoms with E-state index in [4.69, 9.17) is 0 Å². The van der Waals surface area contributed by atoms with Crippen molar-refractivity contribution < 1.29 is 5.11 Å². The van der Waals surface area contributed by atoms with Crippen molar-refractivity contribution in [2.45, 2.75) is 31.3 Å². The predicted octanol–water partition coefficient (Wildman–Crippen LogP) is 0.443. The molecule has 0 bridgehead atoms. The van der Waals surface area contributed by atoms with Gasteiger partial charge in [-0.1, -0.05) is 6.42 Å². The summed E-state index contributed by atoms with van der Waals surface area (Å²) in [5, 5.41) is 17.4. The number of nitrogens with zero attached hydrogens (tertiary/aromatic N) is 3. The number of aliphatic hydroxyl groups excluding tert-OH is 1. The maximum absolute atomic E-state index is 9.60. The third kappa shape index (κ3) is 1.12. The summed E-state index contributed by atoms with van der Waals surface area (Å²) in [7, 11) is 1.92. The highest BCUT2D eigenvalue weighted by Gasteiger charge is 2.29. The van der Waals surface area contributed by atoms with Crippen LogP contribution in [-0.4, -0.2) is 26.0 Å². The Morgan fingerprint density at radius 1 is 1.58 bits per heavy atom. The van der Waals surface area contributed by atoms with Crippen LogP contribution < -0.4 is 0 Å². The molecule has 1 aliphatic rings. The Bertz CT molecular complexity index is 271. The number of aryl methyl sites for hydroxylation is 1. The van der Waals surface area contributed by atoms with Crippen molar-refractivity contribution in [1.29, 1.82) is 0 Å². The fraction of sp³-hybridized carbons (Fsp3) is 0.750. The van der Waals surface area contributed by atoms with Crippen LogP contribution in [-0.2, 0) is 7.05 Å². The van der Waals surface area contributed by atoms with Crippen LogP contribution in [0, 0.1) is 0 Å². The third-order valence-electron chi connectivity index (χ3n) is 2.56. The van der Waals surface area contributed by atoms with E-state index in [1.807, 2.05) is 11.6 Å². The smallest absolute Gasteiger partial charge is 0.138 e. The highest BCUT2D eigenvalue weighted by Crippen LogP contribution is 2.32. The molecule has 0 amide bonds. The van der Waals surface area contributed by atoms with Crippen LogP contribution in [0.4, 0.5) is 0 Å². The average molecular weight is 167 g/mol. The number of hydrogen-bond donors (Lipinski definition) is 1. The molecule has 4 heteroatoms. The fourth-order valence-electron chi connectivity index (χ4n) is 1.87. The summed E-state index contributed by atoms with van der Waals surface area (Å²) < 4.78 is 1.89. The molecule has 1 N–H and O–H groups in total. The zero-order valence-corrected chi connectivity index (χ0v) is 7.14. The molecule has 1 heterocycles. The van der Waals surface area contributed by atoms with Gasteiger partial charge < -0.3 is 9.67 Å². The standard InChI is InChI=1S/C8H13N3O/c1-11-5-9-10-8(11)6-3-2-4-7(6)12/h5-7,12H,2-4H2,1H3. The topological polar surface area (TPSA) is 50.9 Å². The maximum atomic E-state index is 9.60. The van der Waals surface area contributed by atoms with Crippen molar-refractivity contribution in [3.05, 3.63) is 12.2 Å². The Balaban J connectivity index is 2.24. The van der Waals surface area contributed by atoms with Gasteiger partial charge in [0.2, 0.25) is 0 Å². The van der Waals surface area contributed by atoms with Crippen molar-refractivity contribution in [2.75, 3.05) is 0 Å². The largest absolute Gasteiger partial charge is 0.392 e. The van der Waals surface area contributed by atoms with E-state index in [1.54, 1.807) is 6.33 Å². The third-order valence-corrected chi connectivity index (χ3v) is 2.56. The van der Waals surface area contributed by atoms with E-state index in [0.29, 0.717) is 0 Å². The molecule has 2 unspecified atom stereocenters. The van der Waals surface area contributed by atoms with Crippen LogP contribution in [0.5, 0.6) is 0 Å². The van der Waals surface area contributed by atoms with Crippen LogP contribution in [0.25, 0.3) is 0 Å². The van der Waals surface area contributed by atoms with Gasteiger partial charge in [-0.15, -0.1) is 10.2 Å². The molecule has 0 radical (unpaired) electrons. The maximum Gasteiger partial charge on any atom is 0.138 e. The molecule has 1 saturated carbocycles. The summed E-state index contributed by atoms with van der Waals surface area (Å²) in [4.78, 5) is 0. The normalized spacial score (nSPS) is 29.5. The SMILES string of the molecule is Cn1cnnc1C1CCCC1O. The molecule has 0 saturated heterocycles. The minimum atomic E-state index is -0.215. The second-order valence-electron chi connectivity index (χ2n) is 3.40. The first-order valence-electron chi connectivity index (χ1n) is 4.31. The summed E-state index contributed by atoms with van der Waals surface area (Å²) in [5.74, 6) is 1.12. The zero-order chi connectivity index (χ0) is 8.55. The van der Waals surface area contributed by atoms with Crippen LogP contribution in [0.2, 0.25) is 0 Å². The second-order valence-corrected chi connectivity index (χ2v) is 3.40. The summed E-state index contributed by atoms with van der Waals surface area (Å²) in [6, 6.07) is 0. The van der Waals surface area contributed by atoms with Gasteiger partial charge in [-0.05, 0) is 12.8 Å². The molecule has 1 aromatic rings. The molecular weight excluding hydrogens is 154 g/mol. The molecule has 2 rings (SSSR count).